The predicted molar refractivity (Wildman–Crippen MR) is 110 cm³/mol. The van der Waals surface area contributed by atoms with Gasteiger partial charge in [0.1, 0.15) is 5.76 Å². The second-order valence-corrected chi connectivity index (χ2v) is 7.90. The molecule has 0 saturated heterocycles. The third-order valence-electron chi connectivity index (χ3n) is 5.76. The van der Waals surface area contributed by atoms with Crippen LogP contribution in [0.5, 0.6) is 0 Å². The van der Waals surface area contributed by atoms with E-state index < -0.39 is 5.60 Å². The Morgan fingerprint density at radius 3 is 2.32 bits per heavy atom. The molecule has 1 saturated carbocycles. The minimum absolute atomic E-state index is 0.142. The molecule has 0 unspecified atom stereocenters. The molecule has 0 radical (unpaired) electrons. The van der Waals surface area contributed by atoms with E-state index in [0.717, 1.165) is 43.6 Å². The summed E-state index contributed by atoms with van der Waals surface area (Å²) < 4.78 is 6.12. The van der Waals surface area contributed by atoms with Gasteiger partial charge in [0, 0.05) is 12.5 Å². The molecule has 146 valence electrons. The van der Waals surface area contributed by atoms with Gasteiger partial charge < -0.3 is 9.52 Å². The molecule has 1 aliphatic carbocycles. The number of nitrogens with zero attached hydrogens (tertiary/aromatic N) is 2. The van der Waals surface area contributed by atoms with Crippen LogP contribution in [0.1, 0.15) is 48.5 Å². The van der Waals surface area contributed by atoms with Crippen molar-refractivity contribution in [2.45, 2.75) is 44.4 Å². The fourth-order valence-corrected chi connectivity index (χ4v) is 4.34. The van der Waals surface area contributed by atoms with Crippen molar-refractivity contribution in [2.24, 2.45) is 5.92 Å². The van der Waals surface area contributed by atoms with E-state index in [1.54, 1.807) is 6.20 Å². The molecule has 28 heavy (non-hydrogen) atoms. The zero-order valence-corrected chi connectivity index (χ0v) is 16.4. The van der Waals surface area contributed by atoms with Crippen LogP contribution in [0.25, 0.3) is 0 Å². The lowest BCUT2D eigenvalue weighted by Gasteiger charge is -2.31. The van der Waals surface area contributed by atoms with E-state index in [4.69, 9.17) is 4.42 Å². The molecule has 0 aliphatic heterocycles. The van der Waals surface area contributed by atoms with Crippen LogP contribution in [-0.2, 0) is 18.7 Å². The third-order valence-corrected chi connectivity index (χ3v) is 5.76. The first-order chi connectivity index (χ1) is 13.7. The molecule has 1 aromatic heterocycles. The SMILES string of the molecule is CN(Cc1ccccc1)Cc1cnc([C@](O)(c2ccccc2)C2CCCC2)o1. The van der Waals surface area contributed by atoms with Crippen molar-refractivity contribution in [1.29, 1.82) is 0 Å². The van der Waals surface area contributed by atoms with E-state index in [1.807, 2.05) is 36.4 Å². The van der Waals surface area contributed by atoms with Crippen LogP contribution in [0.15, 0.2) is 71.3 Å². The molecule has 3 aromatic rings. The van der Waals surface area contributed by atoms with Crippen LogP contribution < -0.4 is 0 Å². The molecule has 0 amide bonds. The summed E-state index contributed by atoms with van der Waals surface area (Å²) in [7, 11) is 2.07. The molecule has 1 aliphatic rings. The number of benzene rings is 2. The summed E-state index contributed by atoms with van der Waals surface area (Å²) in [6, 6.07) is 20.2. The highest BCUT2D eigenvalue weighted by molar-refractivity contribution is 5.30. The Labute approximate surface area is 166 Å². The maximum Gasteiger partial charge on any atom is 0.231 e. The molecule has 4 heteroatoms. The molecule has 1 fully saturated rings. The Morgan fingerprint density at radius 1 is 1.00 bits per heavy atom. The van der Waals surface area contributed by atoms with Crippen molar-refractivity contribution >= 4 is 0 Å². The summed E-state index contributed by atoms with van der Waals surface area (Å²) in [5.74, 6) is 1.35. The molecular weight excluding hydrogens is 348 g/mol. The zero-order valence-electron chi connectivity index (χ0n) is 16.4. The molecule has 1 N–H and O–H groups in total. The van der Waals surface area contributed by atoms with Gasteiger partial charge in [0.2, 0.25) is 5.89 Å². The minimum Gasteiger partial charge on any atom is -0.441 e. The highest BCUT2D eigenvalue weighted by Gasteiger charge is 2.45. The summed E-state index contributed by atoms with van der Waals surface area (Å²) in [5.41, 5.74) is 0.970. The van der Waals surface area contributed by atoms with Crippen LogP contribution in [0.2, 0.25) is 0 Å². The van der Waals surface area contributed by atoms with Crippen LogP contribution in [0, 0.1) is 5.92 Å². The van der Waals surface area contributed by atoms with Crippen molar-refractivity contribution in [2.75, 3.05) is 7.05 Å². The fourth-order valence-electron chi connectivity index (χ4n) is 4.34. The van der Waals surface area contributed by atoms with Gasteiger partial charge in [0.05, 0.1) is 12.7 Å². The first kappa shape index (κ1) is 18.9. The zero-order chi connectivity index (χ0) is 19.4. The maximum atomic E-state index is 11.8. The van der Waals surface area contributed by atoms with Crippen LogP contribution in [0.4, 0.5) is 0 Å². The monoisotopic (exact) mass is 376 g/mol. The van der Waals surface area contributed by atoms with Crippen molar-refractivity contribution in [1.82, 2.24) is 9.88 Å². The number of aliphatic hydroxyl groups is 1. The summed E-state index contributed by atoms with van der Waals surface area (Å²) in [4.78, 5) is 6.72. The average molecular weight is 377 g/mol. The number of aromatic nitrogens is 1. The normalized spacial score (nSPS) is 17.1. The number of hydrogen-bond acceptors (Lipinski definition) is 4. The van der Waals surface area contributed by atoms with Gasteiger partial charge in [0.15, 0.2) is 5.60 Å². The Kier molecular flexibility index (Phi) is 5.60. The van der Waals surface area contributed by atoms with E-state index in [0.29, 0.717) is 12.4 Å². The van der Waals surface area contributed by atoms with Crippen molar-refractivity contribution in [3.63, 3.8) is 0 Å². The molecular formula is C24H28N2O2. The Hall–Kier alpha value is -2.43. The minimum atomic E-state index is -1.16. The lowest BCUT2D eigenvalue weighted by molar-refractivity contribution is -0.00728. The Bertz CT molecular complexity index is 872. The van der Waals surface area contributed by atoms with Gasteiger partial charge in [-0.3, -0.25) is 4.90 Å². The largest absolute Gasteiger partial charge is 0.441 e. The average Bonchev–Trinajstić information content (AvgIpc) is 3.41. The second kappa shape index (κ2) is 8.29. The molecule has 4 rings (SSSR count). The molecule has 1 heterocycles. The standard InChI is InChI=1S/C24H28N2O2/c1-26(17-19-10-4-2-5-11-19)18-22-16-25-23(28-22)24(27,21-14-8-9-15-21)20-12-6-3-7-13-20/h2-7,10-13,16,21,27H,8-9,14-15,17-18H2,1H3/t24-/m0/s1. The quantitative estimate of drug-likeness (QED) is 0.647. The van der Waals surface area contributed by atoms with Gasteiger partial charge >= 0.3 is 0 Å². The van der Waals surface area contributed by atoms with Gasteiger partial charge in [0.25, 0.3) is 0 Å². The fraction of sp³-hybridized carbons (Fsp3) is 0.375. The van der Waals surface area contributed by atoms with Crippen LogP contribution >= 0.6 is 0 Å². The lowest BCUT2D eigenvalue weighted by atomic mass is 9.80. The summed E-state index contributed by atoms with van der Waals surface area (Å²) in [6.45, 7) is 1.49. The van der Waals surface area contributed by atoms with Gasteiger partial charge in [-0.15, -0.1) is 0 Å². The van der Waals surface area contributed by atoms with E-state index in [2.05, 4.69) is 41.2 Å². The molecule has 2 aromatic carbocycles. The Morgan fingerprint density at radius 2 is 1.64 bits per heavy atom. The number of rotatable bonds is 7. The maximum absolute atomic E-state index is 11.8. The highest BCUT2D eigenvalue weighted by Crippen LogP contribution is 2.44. The first-order valence-electron chi connectivity index (χ1n) is 10.1. The van der Waals surface area contributed by atoms with Gasteiger partial charge in [-0.25, -0.2) is 4.98 Å². The van der Waals surface area contributed by atoms with E-state index in [1.165, 1.54) is 5.56 Å². The molecule has 0 spiro atoms. The predicted octanol–water partition coefficient (Wildman–Crippen LogP) is 4.73. The number of oxazole rings is 1. The molecule has 0 bridgehead atoms. The molecule has 4 nitrogen and oxygen atoms in total. The first-order valence-corrected chi connectivity index (χ1v) is 10.1. The van der Waals surface area contributed by atoms with Gasteiger partial charge in [-0.2, -0.15) is 0 Å². The lowest BCUT2D eigenvalue weighted by Crippen LogP contribution is -2.35. The van der Waals surface area contributed by atoms with Gasteiger partial charge in [-0.05, 0) is 31.0 Å². The topological polar surface area (TPSA) is 49.5 Å². The van der Waals surface area contributed by atoms with Gasteiger partial charge in [-0.1, -0.05) is 73.5 Å². The van der Waals surface area contributed by atoms with Crippen molar-refractivity contribution < 1.29 is 9.52 Å². The second-order valence-electron chi connectivity index (χ2n) is 7.90. The summed E-state index contributed by atoms with van der Waals surface area (Å²) >= 11 is 0. The summed E-state index contributed by atoms with van der Waals surface area (Å²) in [5, 5.41) is 11.8. The van der Waals surface area contributed by atoms with Crippen molar-refractivity contribution in [3.05, 3.63) is 89.6 Å². The van der Waals surface area contributed by atoms with E-state index >= 15 is 0 Å². The van der Waals surface area contributed by atoms with Crippen molar-refractivity contribution in [3.8, 4) is 0 Å². The van der Waals surface area contributed by atoms with Crippen LogP contribution in [-0.4, -0.2) is 22.0 Å². The Balaban J connectivity index is 1.55. The van der Waals surface area contributed by atoms with E-state index in [-0.39, 0.29) is 5.92 Å². The third kappa shape index (κ3) is 3.89. The van der Waals surface area contributed by atoms with E-state index in [9.17, 15) is 5.11 Å². The molecule has 1 atom stereocenters. The summed E-state index contributed by atoms with van der Waals surface area (Å²) in [6.07, 6.45) is 6.05. The highest BCUT2D eigenvalue weighted by atomic mass is 16.4. The smallest absolute Gasteiger partial charge is 0.231 e. The van der Waals surface area contributed by atoms with Crippen LogP contribution in [0.3, 0.4) is 0 Å². The number of hydrogen-bond donors (Lipinski definition) is 1.